The molecule has 3 N–H and O–H groups in total. The summed E-state index contributed by atoms with van der Waals surface area (Å²) in [5.74, 6) is -1.57. The summed E-state index contributed by atoms with van der Waals surface area (Å²) < 4.78 is 0. The first kappa shape index (κ1) is 19.9. The maximum Gasteiger partial charge on any atom is 0.304 e. The zero-order chi connectivity index (χ0) is 19.3. The predicted octanol–water partition coefficient (Wildman–Crippen LogP) is 3.35. The molecule has 1 unspecified atom stereocenters. The summed E-state index contributed by atoms with van der Waals surface area (Å²) in [5.41, 5.74) is 0.571. The summed E-state index contributed by atoms with van der Waals surface area (Å²) in [7, 11) is 1.54. The molecule has 0 heterocycles. The maximum absolute atomic E-state index is 13.1. The standard InChI is InChI=1S/C20H28N2O4/c1-13-8-7-11-15(17(13)18(25)21-3)22-19(26)20(2,12-16(23)24)14-9-5-4-6-10-14/h7-8,11,14H,4-6,9-10,12H2,1-3H3,(H,21,25)(H,22,26)(H,23,24). The predicted molar refractivity (Wildman–Crippen MR) is 100 cm³/mol. The number of nitrogens with one attached hydrogen (secondary N) is 2. The monoisotopic (exact) mass is 360 g/mol. The largest absolute Gasteiger partial charge is 0.481 e. The fraction of sp³-hybridized carbons (Fsp3) is 0.550. The molecule has 1 atom stereocenters. The average molecular weight is 360 g/mol. The van der Waals surface area contributed by atoms with E-state index >= 15 is 0 Å². The lowest BCUT2D eigenvalue weighted by Gasteiger charge is -2.37. The molecule has 1 aromatic carbocycles. The summed E-state index contributed by atoms with van der Waals surface area (Å²) in [4.78, 5) is 36.8. The highest BCUT2D eigenvalue weighted by Gasteiger charge is 2.43. The Balaban J connectivity index is 2.34. The van der Waals surface area contributed by atoms with Crippen molar-refractivity contribution in [3.05, 3.63) is 29.3 Å². The molecular weight excluding hydrogens is 332 g/mol. The molecule has 0 radical (unpaired) electrons. The lowest BCUT2D eigenvalue weighted by Crippen LogP contribution is -2.43. The van der Waals surface area contributed by atoms with Crippen LogP contribution in [-0.4, -0.2) is 29.9 Å². The highest BCUT2D eigenvalue weighted by Crippen LogP contribution is 2.42. The molecule has 0 aliphatic heterocycles. The van der Waals surface area contributed by atoms with Gasteiger partial charge in [0.05, 0.1) is 23.1 Å². The molecule has 2 rings (SSSR count). The molecule has 1 aromatic rings. The van der Waals surface area contributed by atoms with Gasteiger partial charge in [0.2, 0.25) is 5.91 Å². The minimum atomic E-state index is -1.00. The Bertz CT molecular complexity index is 695. The van der Waals surface area contributed by atoms with E-state index in [1.165, 1.54) is 7.05 Å². The third-order valence-electron chi connectivity index (χ3n) is 5.52. The van der Waals surface area contributed by atoms with Gasteiger partial charge < -0.3 is 15.7 Å². The molecule has 0 saturated heterocycles. The van der Waals surface area contributed by atoms with E-state index in [4.69, 9.17) is 0 Å². The normalized spacial score (nSPS) is 17.2. The quantitative estimate of drug-likeness (QED) is 0.725. The van der Waals surface area contributed by atoms with Crippen LogP contribution < -0.4 is 10.6 Å². The summed E-state index contributed by atoms with van der Waals surface area (Å²) >= 11 is 0. The van der Waals surface area contributed by atoms with E-state index in [0.717, 1.165) is 37.7 Å². The van der Waals surface area contributed by atoms with Gasteiger partial charge >= 0.3 is 5.97 Å². The van der Waals surface area contributed by atoms with Crippen LogP contribution in [0, 0.1) is 18.3 Å². The second-order valence-electron chi connectivity index (χ2n) is 7.35. The molecule has 6 nitrogen and oxygen atoms in total. The van der Waals surface area contributed by atoms with E-state index in [0.29, 0.717) is 11.3 Å². The summed E-state index contributed by atoms with van der Waals surface area (Å²) in [6, 6.07) is 5.25. The van der Waals surface area contributed by atoms with Crippen LogP contribution in [0.1, 0.15) is 61.4 Å². The first-order valence-corrected chi connectivity index (χ1v) is 9.14. The van der Waals surface area contributed by atoms with Crippen LogP contribution in [-0.2, 0) is 9.59 Å². The molecule has 0 spiro atoms. The van der Waals surface area contributed by atoms with E-state index < -0.39 is 11.4 Å². The van der Waals surface area contributed by atoms with Gasteiger partial charge in [0.25, 0.3) is 5.91 Å². The molecule has 142 valence electrons. The number of aliphatic carboxylic acids is 1. The highest BCUT2D eigenvalue weighted by atomic mass is 16.4. The number of aryl methyl sites for hydroxylation is 1. The number of amides is 2. The third kappa shape index (κ3) is 4.23. The van der Waals surface area contributed by atoms with Gasteiger partial charge in [0, 0.05) is 7.05 Å². The molecular formula is C20H28N2O4. The Morgan fingerprint density at radius 1 is 1.19 bits per heavy atom. The Morgan fingerprint density at radius 2 is 1.85 bits per heavy atom. The topological polar surface area (TPSA) is 95.5 Å². The van der Waals surface area contributed by atoms with E-state index in [2.05, 4.69) is 10.6 Å². The van der Waals surface area contributed by atoms with Crippen molar-refractivity contribution >= 4 is 23.5 Å². The Morgan fingerprint density at radius 3 is 2.42 bits per heavy atom. The molecule has 26 heavy (non-hydrogen) atoms. The summed E-state index contributed by atoms with van der Waals surface area (Å²) in [6.45, 7) is 3.54. The van der Waals surface area contributed by atoms with Crippen LogP contribution in [0.3, 0.4) is 0 Å². The number of carboxylic acids is 1. The minimum absolute atomic E-state index is 0.0283. The van der Waals surface area contributed by atoms with E-state index in [1.54, 1.807) is 32.0 Å². The molecule has 1 aliphatic rings. The Kier molecular flexibility index (Phi) is 6.40. The average Bonchev–Trinajstić information content (AvgIpc) is 2.61. The van der Waals surface area contributed by atoms with Crippen molar-refractivity contribution in [1.82, 2.24) is 5.32 Å². The van der Waals surface area contributed by atoms with Gasteiger partial charge in [-0.15, -0.1) is 0 Å². The van der Waals surface area contributed by atoms with Gasteiger partial charge in [-0.05, 0) is 44.2 Å². The fourth-order valence-electron chi connectivity index (χ4n) is 3.93. The lowest BCUT2D eigenvalue weighted by molar-refractivity contribution is -0.145. The smallest absolute Gasteiger partial charge is 0.304 e. The Hall–Kier alpha value is -2.37. The van der Waals surface area contributed by atoms with Crippen molar-refractivity contribution in [3.63, 3.8) is 0 Å². The van der Waals surface area contributed by atoms with E-state index in [9.17, 15) is 19.5 Å². The fourth-order valence-corrected chi connectivity index (χ4v) is 3.93. The van der Waals surface area contributed by atoms with Crippen molar-refractivity contribution in [2.24, 2.45) is 11.3 Å². The molecule has 6 heteroatoms. The number of hydrogen-bond acceptors (Lipinski definition) is 3. The zero-order valence-electron chi connectivity index (χ0n) is 15.7. The second-order valence-corrected chi connectivity index (χ2v) is 7.35. The molecule has 1 aliphatic carbocycles. The number of hydrogen-bond donors (Lipinski definition) is 3. The number of carbonyl (C=O) groups is 3. The van der Waals surface area contributed by atoms with Gasteiger partial charge in [0.15, 0.2) is 0 Å². The number of anilines is 1. The number of rotatable bonds is 6. The van der Waals surface area contributed by atoms with E-state index in [-0.39, 0.29) is 24.2 Å². The van der Waals surface area contributed by atoms with Crippen LogP contribution in [0.2, 0.25) is 0 Å². The number of benzene rings is 1. The van der Waals surface area contributed by atoms with Gasteiger partial charge in [-0.25, -0.2) is 0 Å². The van der Waals surface area contributed by atoms with Crippen LogP contribution in [0.4, 0.5) is 5.69 Å². The molecule has 0 aromatic heterocycles. The SMILES string of the molecule is CNC(=O)c1c(C)cccc1NC(=O)C(C)(CC(=O)O)C1CCCCC1. The zero-order valence-corrected chi connectivity index (χ0v) is 15.7. The van der Waals surface area contributed by atoms with Crippen molar-refractivity contribution in [2.75, 3.05) is 12.4 Å². The first-order chi connectivity index (χ1) is 12.3. The van der Waals surface area contributed by atoms with Gasteiger partial charge in [0.1, 0.15) is 0 Å². The van der Waals surface area contributed by atoms with Gasteiger partial charge in [-0.2, -0.15) is 0 Å². The maximum atomic E-state index is 13.1. The lowest BCUT2D eigenvalue weighted by atomic mass is 9.67. The van der Waals surface area contributed by atoms with Gasteiger partial charge in [-0.1, -0.05) is 31.4 Å². The van der Waals surface area contributed by atoms with Crippen LogP contribution >= 0.6 is 0 Å². The van der Waals surface area contributed by atoms with Crippen LogP contribution in [0.25, 0.3) is 0 Å². The van der Waals surface area contributed by atoms with Crippen LogP contribution in [0.5, 0.6) is 0 Å². The third-order valence-corrected chi connectivity index (χ3v) is 5.52. The summed E-state index contributed by atoms with van der Waals surface area (Å²) in [6.07, 6.45) is 4.65. The van der Waals surface area contributed by atoms with Crippen molar-refractivity contribution in [2.45, 2.75) is 52.4 Å². The molecule has 2 amide bonds. The summed E-state index contributed by atoms with van der Waals surface area (Å²) in [5, 5.41) is 14.8. The van der Waals surface area contributed by atoms with Crippen molar-refractivity contribution in [3.8, 4) is 0 Å². The molecule has 0 bridgehead atoms. The second kappa shape index (κ2) is 8.34. The molecule has 1 saturated carbocycles. The van der Waals surface area contributed by atoms with Crippen molar-refractivity contribution < 1.29 is 19.5 Å². The highest BCUT2D eigenvalue weighted by molar-refractivity contribution is 6.06. The van der Waals surface area contributed by atoms with E-state index in [1.807, 2.05) is 0 Å². The first-order valence-electron chi connectivity index (χ1n) is 9.14. The molecule has 1 fully saturated rings. The van der Waals surface area contributed by atoms with Gasteiger partial charge in [-0.3, -0.25) is 14.4 Å². The minimum Gasteiger partial charge on any atom is -0.481 e. The Labute approximate surface area is 154 Å². The van der Waals surface area contributed by atoms with Crippen molar-refractivity contribution in [1.29, 1.82) is 0 Å². The number of carboxylic acid groups (broad SMARTS) is 1. The number of carbonyl (C=O) groups excluding carboxylic acids is 2. The van der Waals surface area contributed by atoms with Crippen LogP contribution in [0.15, 0.2) is 18.2 Å².